The fourth-order valence-electron chi connectivity index (χ4n) is 2.79. The molecule has 1 saturated heterocycles. The van der Waals surface area contributed by atoms with Gasteiger partial charge in [0.2, 0.25) is 0 Å². The van der Waals surface area contributed by atoms with Gasteiger partial charge in [-0.05, 0) is 33.3 Å². The molecule has 0 saturated carbocycles. The van der Waals surface area contributed by atoms with Crippen LogP contribution in [0, 0.1) is 6.92 Å². The maximum absolute atomic E-state index is 5.46. The van der Waals surface area contributed by atoms with Crippen molar-refractivity contribution in [1.82, 2.24) is 15.5 Å². The summed E-state index contributed by atoms with van der Waals surface area (Å²) in [6.07, 6.45) is 0. The molecule has 0 amide bonds. The molecule has 1 fully saturated rings. The van der Waals surface area contributed by atoms with Crippen LogP contribution in [0.3, 0.4) is 0 Å². The molecule has 1 aromatic rings. The van der Waals surface area contributed by atoms with Gasteiger partial charge in [-0.25, -0.2) is 4.99 Å². The Morgan fingerprint density at radius 1 is 1.16 bits per heavy atom. The summed E-state index contributed by atoms with van der Waals surface area (Å²) in [5.74, 6) is 0.874. The first-order chi connectivity index (χ1) is 11.5. The van der Waals surface area contributed by atoms with Crippen LogP contribution in [0.1, 0.15) is 31.9 Å². The molecule has 0 aromatic heterocycles. The average Bonchev–Trinajstić information content (AvgIpc) is 2.59. The normalized spacial score (nSPS) is 16.2. The zero-order valence-corrected chi connectivity index (χ0v) is 18.3. The number of ether oxygens (including phenoxy) is 1. The van der Waals surface area contributed by atoms with E-state index in [0.717, 1.165) is 45.4 Å². The van der Waals surface area contributed by atoms with Gasteiger partial charge in [0.05, 0.1) is 19.8 Å². The zero-order chi connectivity index (χ0) is 17.4. The van der Waals surface area contributed by atoms with Crippen molar-refractivity contribution in [3.8, 4) is 0 Å². The monoisotopic (exact) mass is 460 g/mol. The van der Waals surface area contributed by atoms with E-state index >= 15 is 0 Å². The Balaban J connectivity index is 0.00000312. The zero-order valence-electron chi connectivity index (χ0n) is 16.0. The van der Waals surface area contributed by atoms with Crippen LogP contribution in [0.5, 0.6) is 0 Å². The van der Waals surface area contributed by atoms with Crippen LogP contribution in [-0.4, -0.2) is 55.8 Å². The lowest BCUT2D eigenvalue weighted by Gasteiger charge is -2.41. The summed E-state index contributed by atoms with van der Waals surface area (Å²) in [6, 6.07) is 8.54. The van der Waals surface area contributed by atoms with Gasteiger partial charge in [0, 0.05) is 31.7 Å². The second-order valence-electron chi connectivity index (χ2n) is 6.95. The Hall–Kier alpha value is -0.860. The molecule has 1 heterocycles. The minimum absolute atomic E-state index is 0. The third-order valence-corrected chi connectivity index (χ3v) is 4.44. The number of guanidine groups is 1. The molecule has 6 heteroatoms. The minimum atomic E-state index is 0. The second kappa shape index (κ2) is 11.0. The number of benzene rings is 1. The van der Waals surface area contributed by atoms with Gasteiger partial charge in [-0.3, -0.25) is 4.90 Å². The van der Waals surface area contributed by atoms with Gasteiger partial charge in [-0.1, -0.05) is 29.8 Å². The molecule has 2 N–H and O–H groups in total. The van der Waals surface area contributed by atoms with Crippen LogP contribution in [0.25, 0.3) is 0 Å². The average molecular weight is 460 g/mol. The molecular weight excluding hydrogens is 427 g/mol. The first kappa shape index (κ1) is 22.2. The van der Waals surface area contributed by atoms with E-state index in [0.29, 0.717) is 6.54 Å². The Bertz CT molecular complexity index is 525. The molecule has 2 rings (SSSR count). The summed E-state index contributed by atoms with van der Waals surface area (Å²) in [7, 11) is 0. The number of aryl methyl sites for hydroxylation is 1. The van der Waals surface area contributed by atoms with E-state index in [-0.39, 0.29) is 29.5 Å². The van der Waals surface area contributed by atoms with E-state index in [4.69, 9.17) is 9.73 Å². The number of morpholine rings is 1. The maximum atomic E-state index is 5.46. The van der Waals surface area contributed by atoms with Gasteiger partial charge < -0.3 is 15.4 Å². The number of hydrogen-bond acceptors (Lipinski definition) is 3. The van der Waals surface area contributed by atoms with Crippen molar-refractivity contribution < 1.29 is 4.74 Å². The summed E-state index contributed by atoms with van der Waals surface area (Å²) in [6.45, 7) is 14.8. The smallest absolute Gasteiger partial charge is 0.191 e. The second-order valence-corrected chi connectivity index (χ2v) is 6.95. The van der Waals surface area contributed by atoms with Gasteiger partial charge in [0.25, 0.3) is 0 Å². The molecule has 1 aliphatic heterocycles. The van der Waals surface area contributed by atoms with E-state index in [1.165, 1.54) is 11.1 Å². The Morgan fingerprint density at radius 2 is 1.80 bits per heavy atom. The number of nitrogens with one attached hydrogen (secondary N) is 2. The van der Waals surface area contributed by atoms with Crippen molar-refractivity contribution in [3.63, 3.8) is 0 Å². The fraction of sp³-hybridized carbons (Fsp3) is 0.632. The van der Waals surface area contributed by atoms with Crippen molar-refractivity contribution in [1.29, 1.82) is 0 Å². The first-order valence-electron chi connectivity index (χ1n) is 8.92. The summed E-state index contributed by atoms with van der Waals surface area (Å²) in [4.78, 5) is 7.19. The van der Waals surface area contributed by atoms with Crippen LogP contribution >= 0.6 is 24.0 Å². The van der Waals surface area contributed by atoms with E-state index in [1.54, 1.807) is 0 Å². The molecule has 5 nitrogen and oxygen atoms in total. The number of nitrogens with zero attached hydrogens (tertiary/aromatic N) is 2. The van der Waals surface area contributed by atoms with E-state index in [9.17, 15) is 0 Å². The van der Waals surface area contributed by atoms with Gasteiger partial charge in [0.15, 0.2) is 5.96 Å². The number of hydrogen-bond donors (Lipinski definition) is 2. The quantitative estimate of drug-likeness (QED) is 0.390. The van der Waals surface area contributed by atoms with Crippen LogP contribution in [0.2, 0.25) is 0 Å². The third-order valence-electron chi connectivity index (χ3n) is 4.44. The Labute approximate surface area is 169 Å². The molecule has 0 bridgehead atoms. The van der Waals surface area contributed by atoms with Gasteiger partial charge in [-0.2, -0.15) is 0 Å². The lowest BCUT2D eigenvalue weighted by molar-refractivity contribution is -0.00834. The standard InChI is InChI=1S/C19H32N4O.HI/c1-5-20-18(21-14-17-8-6-16(2)7-9-17)22-15-19(3,4)23-10-12-24-13-11-23;/h6-9H,5,10-15H2,1-4H3,(H2,20,21,22);1H. The minimum Gasteiger partial charge on any atom is -0.379 e. The molecule has 0 spiro atoms. The Morgan fingerprint density at radius 3 is 2.40 bits per heavy atom. The Kier molecular flexibility index (Phi) is 9.74. The summed E-state index contributed by atoms with van der Waals surface area (Å²) in [5, 5.41) is 6.83. The lowest BCUT2D eigenvalue weighted by Crippen LogP contribution is -2.56. The van der Waals surface area contributed by atoms with Crippen molar-refractivity contribution in [2.45, 2.75) is 39.8 Å². The van der Waals surface area contributed by atoms with Crippen LogP contribution < -0.4 is 10.6 Å². The molecule has 1 aromatic carbocycles. The van der Waals surface area contributed by atoms with Crippen LogP contribution in [0.15, 0.2) is 29.3 Å². The predicted molar refractivity (Wildman–Crippen MR) is 116 cm³/mol. The van der Waals surface area contributed by atoms with Gasteiger partial charge in [-0.15, -0.1) is 24.0 Å². The largest absolute Gasteiger partial charge is 0.379 e. The van der Waals surface area contributed by atoms with E-state index < -0.39 is 0 Å². The van der Waals surface area contributed by atoms with Crippen LogP contribution in [-0.2, 0) is 11.3 Å². The molecule has 142 valence electrons. The summed E-state index contributed by atoms with van der Waals surface area (Å²) in [5.41, 5.74) is 2.58. The highest BCUT2D eigenvalue weighted by Crippen LogP contribution is 2.15. The molecule has 0 atom stereocenters. The summed E-state index contributed by atoms with van der Waals surface area (Å²) >= 11 is 0. The molecular formula is C19H33IN4O. The number of halogens is 1. The van der Waals surface area contributed by atoms with Gasteiger partial charge in [0.1, 0.15) is 0 Å². The third kappa shape index (κ3) is 7.50. The fourth-order valence-corrected chi connectivity index (χ4v) is 2.79. The van der Waals surface area contributed by atoms with E-state index in [1.807, 2.05) is 0 Å². The first-order valence-corrected chi connectivity index (χ1v) is 8.92. The summed E-state index contributed by atoms with van der Waals surface area (Å²) < 4.78 is 5.46. The highest BCUT2D eigenvalue weighted by molar-refractivity contribution is 14.0. The number of aliphatic imine (C=N–C) groups is 1. The van der Waals surface area contributed by atoms with Gasteiger partial charge >= 0.3 is 0 Å². The molecule has 25 heavy (non-hydrogen) atoms. The topological polar surface area (TPSA) is 48.9 Å². The highest BCUT2D eigenvalue weighted by atomic mass is 127. The lowest BCUT2D eigenvalue weighted by atomic mass is 10.0. The van der Waals surface area contributed by atoms with Crippen molar-refractivity contribution >= 4 is 29.9 Å². The van der Waals surface area contributed by atoms with Crippen molar-refractivity contribution in [2.75, 3.05) is 39.4 Å². The predicted octanol–water partition coefficient (Wildman–Crippen LogP) is 2.78. The van der Waals surface area contributed by atoms with Crippen molar-refractivity contribution in [3.05, 3.63) is 35.4 Å². The van der Waals surface area contributed by atoms with Crippen molar-refractivity contribution in [2.24, 2.45) is 4.99 Å². The molecule has 1 aliphatic rings. The molecule has 0 unspecified atom stereocenters. The number of rotatable bonds is 6. The highest BCUT2D eigenvalue weighted by Gasteiger charge is 2.28. The molecule has 0 radical (unpaired) electrons. The maximum Gasteiger partial charge on any atom is 0.191 e. The molecule has 0 aliphatic carbocycles. The van der Waals surface area contributed by atoms with Crippen LogP contribution in [0.4, 0.5) is 0 Å². The van der Waals surface area contributed by atoms with E-state index in [2.05, 4.69) is 67.5 Å². The SMILES string of the molecule is CCNC(=NCc1ccc(C)cc1)NCC(C)(C)N1CCOCC1.I.